The zero-order chi connectivity index (χ0) is 22.4. The first-order valence-electron chi connectivity index (χ1n) is 9.27. The van der Waals surface area contributed by atoms with Crippen LogP contribution in [0.25, 0.3) is 6.08 Å². The summed E-state index contributed by atoms with van der Waals surface area (Å²) in [5.41, 5.74) is 1.02. The smallest absolute Gasteiger partial charge is 0.331 e. The molecule has 2 aromatic rings. The second-order valence-electron chi connectivity index (χ2n) is 6.48. The van der Waals surface area contributed by atoms with Crippen LogP contribution in [0.2, 0.25) is 0 Å². The van der Waals surface area contributed by atoms with E-state index in [0.717, 1.165) is 4.90 Å². The van der Waals surface area contributed by atoms with Gasteiger partial charge in [0.15, 0.2) is 11.5 Å². The molecule has 1 saturated heterocycles. The maximum Gasteiger partial charge on any atom is 0.331 e. The third-order valence-electron chi connectivity index (χ3n) is 4.43. The zero-order valence-electron chi connectivity index (χ0n) is 16.8. The Morgan fingerprint density at radius 3 is 2.77 bits per heavy atom. The number of hydrogen-bond donors (Lipinski definition) is 1. The number of nitrogens with zero attached hydrogens (tertiary/aromatic N) is 1. The van der Waals surface area contributed by atoms with Crippen LogP contribution in [0.15, 0.2) is 53.2 Å². The number of allylic oxidation sites excluding steroid dienone is 1. The van der Waals surface area contributed by atoms with Gasteiger partial charge < -0.3 is 13.9 Å². The van der Waals surface area contributed by atoms with Crippen LogP contribution < -0.4 is 14.8 Å². The summed E-state index contributed by atoms with van der Waals surface area (Å²) in [5, 5.41) is 2.17. The molecule has 3 rings (SSSR count). The van der Waals surface area contributed by atoms with Crippen LogP contribution >= 0.6 is 0 Å². The van der Waals surface area contributed by atoms with Crippen LogP contribution in [0, 0.1) is 12.3 Å². The third-order valence-corrected chi connectivity index (χ3v) is 4.43. The molecule has 158 valence electrons. The molecule has 1 aromatic carbocycles. The molecule has 0 spiro atoms. The fourth-order valence-electron chi connectivity index (χ4n) is 3.07. The summed E-state index contributed by atoms with van der Waals surface area (Å²) in [5.74, 6) is 2.12. The van der Waals surface area contributed by atoms with Crippen LogP contribution in [0.4, 0.5) is 4.79 Å². The predicted octanol–water partition coefficient (Wildman–Crippen LogP) is 2.69. The lowest BCUT2D eigenvalue weighted by Crippen LogP contribution is -2.53. The molecule has 0 unspecified atom stereocenters. The number of benzene rings is 1. The minimum atomic E-state index is -0.813. The van der Waals surface area contributed by atoms with E-state index < -0.39 is 17.8 Å². The number of terminal acetylenes is 1. The van der Waals surface area contributed by atoms with Crippen molar-refractivity contribution in [1.29, 1.82) is 0 Å². The van der Waals surface area contributed by atoms with Gasteiger partial charge in [-0.05, 0) is 42.3 Å². The summed E-state index contributed by atoms with van der Waals surface area (Å²) in [7, 11) is 1.47. The quantitative estimate of drug-likeness (QED) is 0.305. The van der Waals surface area contributed by atoms with Crippen molar-refractivity contribution in [3.8, 4) is 23.8 Å². The van der Waals surface area contributed by atoms with Crippen LogP contribution in [-0.2, 0) is 22.6 Å². The normalized spacial score (nSPS) is 14.9. The molecule has 1 aliphatic rings. The Bertz CT molecular complexity index is 1090. The summed E-state index contributed by atoms with van der Waals surface area (Å²) in [6, 6.07) is 5.80. The summed E-state index contributed by atoms with van der Waals surface area (Å²) < 4.78 is 16.2. The van der Waals surface area contributed by atoms with E-state index in [4.69, 9.17) is 20.3 Å². The van der Waals surface area contributed by atoms with Crippen molar-refractivity contribution in [3.05, 3.63) is 65.6 Å². The number of hydrogen-bond acceptors (Lipinski definition) is 6. The van der Waals surface area contributed by atoms with E-state index in [2.05, 4.69) is 17.8 Å². The fraction of sp³-hybridized carbons (Fsp3) is 0.174. The Morgan fingerprint density at radius 1 is 1.32 bits per heavy atom. The van der Waals surface area contributed by atoms with Gasteiger partial charge in [0.25, 0.3) is 11.8 Å². The zero-order valence-corrected chi connectivity index (χ0v) is 16.8. The van der Waals surface area contributed by atoms with Gasteiger partial charge in [-0.25, -0.2) is 4.79 Å². The van der Waals surface area contributed by atoms with Crippen molar-refractivity contribution in [1.82, 2.24) is 10.2 Å². The molecule has 1 N–H and O–H groups in total. The van der Waals surface area contributed by atoms with Gasteiger partial charge in [0.2, 0.25) is 0 Å². The van der Waals surface area contributed by atoms with Gasteiger partial charge in [-0.15, -0.1) is 13.0 Å². The van der Waals surface area contributed by atoms with Crippen LogP contribution in [-0.4, -0.2) is 36.5 Å². The third kappa shape index (κ3) is 4.67. The fourth-order valence-corrected chi connectivity index (χ4v) is 3.07. The van der Waals surface area contributed by atoms with Crippen LogP contribution in [0.1, 0.15) is 16.9 Å². The van der Waals surface area contributed by atoms with Crippen molar-refractivity contribution in [3.63, 3.8) is 0 Å². The molecule has 1 aromatic heterocycles. The molecule has 0 radical (unpaired) electrons. The minimum absolute atomic E-state index is 0.0473. The number of rotatable bonds is 8. The Kier molecular flexibility index (Phi) is 6.58. The minimum Gasteiger partial charge on any atom is -0.493 e. The molecular formula is C23H20N2O6. The highest BCUT2D eigenvalue weighted by molar-refractivity contribution is 6.30. The first-order chi connectivity index (χ1) is 15.0. The molecule has 31 heavy (non-hydrogen) atoms. The van der Waals surface area contributed by atoms with E-state index in [-0.39, 0.29) is 18.7 Å². The largest absolute Gasteiger partial charge is 0.493 e. The number of barbiturate groups is 1. The van der Waals surface area contributed by atoms with Crippen molar-refractivity contribution in [2.75, 3.05) is 13.7 Å². The molecule has 0 atom stereocenters. The maximum absolute atomic E-state index is 12.9. The second-order valence-corrected chi connectivity index (χ2v) is 6.48. The summed E-state index contributed by atoms with van der Waals surface area (Å²) in [6.45, 7) is 3.67. The second kappa shape index (κ2) is 9.50. The lowest BCUT2D eigenvalue weighted by Gasteiger charge is -2.25. The number of nitrogens with one attached hydrogen (secondary N) is 1. The van der Waals surface area contributed by atoms with E-state index in [1.54, 1.807) is 30.3 Å². The number of carbonyl (C=O) groups excluding carboxylic acids is 3. The van der Waals surface area contributed by atoms with E-state index >= 15 is 0 Å². The van der Waals surface area contributed by atoms with Crippen LogP contribution in [0.5, 0.6) is 11.5 Å². The summed E-state index contributed by atoms with van der Waals surface area (Å²) >= 11 is 0. The highest BCUT2D eigenvalue weighted by Crippen LogP contribution is 2.34. The number of furan rings is 1. The van der Waals surface area contributed by atoms with Crippen molar-refractivity contribution < 1.29 is 28.3 Å². The Morgan fingerprint density at radius 2 is 2.13 bits per heavy atom. The lowest BCUT2D eigenvalue weighted by molar-refractivity contribution is -0.130. The van der Waals surface area contributed by atoms with E-state index in [1.165, 1.54) is 19.4 Å². The highest BCUT2D eigenvalue weighted by Gasteiger charge is 2.36. The van der Waals surface area contributed by atoms with Crippen molar-refractivity contribution >= 4 is 23.9 Å². The average Bonchev–Trinajstić information content (AvgIpc) is 3.26. The van der Waals surface area contributed by atoms with Gasteiger partial charge in [-0.3, -0.25) is 19.8 Å². The number of urea groups is 1. The average molecular weight is 420 g/mol. The SMILES string of the molecule is C#CCOc1c(CC=C)cc(/C=C2\C(=O)NC(=O)N(Cc3ccco3)C2=O)cc1OC. The molecule has 1 fully saturated rings. The van der Waals surface area contributed by atoms with Gasteiger partial charge in [0.05, 0.1) is 19.9 Å². The maximum atomic E-state index is 12.9. The first-order valence-corrected chi connectivity index (χ1v) is 9.27. The molecule has 0 bridgehead atoms. The highest BCUT2D eigenvalue weighted by atomic mass is 16.5. The number of carbonyl (C=O) groups is 3. The number of amides is 4. The van der Waals surface area contributed by atoms with Gasteiger partial charge in [0, 0.05) is 5.56 Å². The van der Waals surface area contributed by atoms with E-state index in [1.807, 2.05) is 0 Å². The van der Waals surface area contributed by atoms with Gasteiger partial charge in [-0.1, -0.05) is 12.0 Å². The Labute approximate surface area is 179 Å². The monoisotopic (exact) mass is 420 g/mol. The Hall–Kier alpha value is -4.25. The number of ether oxygens (including phenoxy) is 2. The van der Waals surface area contributed by atoms with E-state index in [0.29, 0.717) is 34.8 Å². The molecule has 2 heterocycles. The number of methoxy groups -OCH3 is 1. The molecule has 0 saturated carbocycles. The lowest BCUT2D eigenvalue weighted by atomic mass is 10.0. The molecule has 8 heteroatoms. The van der Waals surface area contributed by atoms with Crippen molar-refractivity contribution in [2.24, 2.45) is 0 Å². The summed E-state index contributed by atoms with van der Waals surface area (Å²) in [4.78, 5) is 38.3. The summed E-state index contributed by atoms with van der Waals surface area (Å²) in [6.07, 6.45) is 10.2. The van der Waals surface area contributed by atoms with Gasteiger partial charge in [-0.2, -0.15) is 0 Å². The first kappa shape index (κ1) is 21.5. The molecule has 0 aliphatic carbocycles. The van der Waals surface area contributed by atoms with Crippen molar-refractivity contribution in [2.45, 2.75) is 13.0 Å². The van der Waals surface area contributed by atoms with E-state index in [9.17, 15) is 14.4 Å². The standard InChI is InChI=1S/C23H20N2O6/c1-4-7-16-11-15(13-19(29-3)20(16)31-9-5-2)12-18-21(26)24-23(28)25(22(18)27)14-17-8-6-10-30-17/h2,4,6,8,10-13H,1,7,9,14H2,3H3,(H,24,26,28)/b18-12+. The van der Waals surface area contributed by atoms with Crippen LogP contribution in [0.3, 0.4) is 0 Å². The molecule has 8 nitrogen and oxygen atoms in total. The molecular weight excluding hydrogens is 400 g/mol. The van der Waals surface area contributed by atoms with Gasteiger partial charge in [0.1, 0.15) is 17.9 Å². The molecule has 1 aliphatic heterocycles. The Balaban J connectivity index is 1.99. The predicted molar refractivity (Wildman–Crippen MR) is 112 cm³/mol. The topological polar surface area (TPSA) is 98.1 Å². The van der Waals surface area contributed by atoms with Gasteiger partial charge >= 0.3 is 6.03 Å². The molecule has 4 amide bonds. The number of imide groups is 2.